The van der Waals surface area contributed by atoms with Gasteiger partial charge in [0.1, 0.15) is 18.0 Å². The number of nitrogens with zero attached hydrogens (tertiary/aromatic N) is 2. The molecule has 2 aromatic rings. The number of aryl methyl sites for hydroxylation is 1. The van der Waals surface area contributed by atoms with Crippen LogP contribution in [0, 0.1) is 57.9 Å². The third-order valence-corrected chi connectivity index (χ3v) is 9.66. The van der Waals surface area contributed by atoms with E-state index in [4.69, 9.17) is 14.2 Å². The van der Waals surface area contributed by atoms with Gasteiger partial charge in [-0.1, -0.05) is 12.1 Å². The molecule has 239 valence electrons. The van der Waals surface area contributed by atoms with E-state index in [1.54, 1.807) is 26.8 Å². The molecule has 12 nitrogen and oxygen atoms in total. The monoisotopic (exact) mass is 835 g/mol. The number of benzene rings is 2. The second kappa shape index (κ2) is 12.9. The second-order valence-corrected chi connectivity index (χ2v) is 12.1. The molecule has 1 unspecified atom stereocenters. The van der Waals surface area contributed by atoms with Crippen LogP contribution in [0.2, 0.25) is 0 Å². The first-order valence-corrected chi connectivity index (χ1v) is 14.9. The number of hydrogen-bond donors (Lipinski definition) is 5. The fourth-order valence-corrected chi connectivity index (χ4v) is 7.68. The number of nitrogens with one attached hydrogen (secondary N) is 2. The van der Waals surface area contributed by atoms with E-state index in [0.717, 1.165) is 16.7 Å². The van der Waals surface area contributed by atoms with Crippen molar-refractivity contribution in [1.29, 1.82) is 0 Å². The Morgan fingerprint density at radius 3 is 2.53 bits per heavy atom. The summed E-state index contributed by atoms with van der Waals surface area (Å²) < 4.78 is 17.3. The minimum absolute atomic E-state index is 0. The third kappa shape index (κ3) is 5.38. The van der Waals surface area contributed by atoms with Gasteiger partial charge in [0.05, 0.1) is 25.2 Å². The molecule has 2 aromatic carbocycles. The number of amides is 2. The number of phenols is 2. The number of aliphatic hydroxyl groups excluding tert-OH is 1. The van der Waals surface area contributed by atoms with Crippen LogP contribution in [0.15, 0.2) is 18.2 Å². The summed E-state index contributed by atoms with van der Waals surface area (Å²) in [6.45, 7) is 7.02. The Morgan fingerprint density at radius 2 is 1.84 bits per heavy atom. The van der Waals surface area contributed by atoms with Crippen molar-refractivity contribution < 1.29 is 83.2 Å². The molecule has 2 amide bonds. The molecule has 5 N–H and O–H groups in total. The van der Waals surface area contributed by atoms with Crippen LogP contribution in [0.1, 0.15) is 59.3 Å². The fraction of sp³-hybridized carbons (Fsp3) is 0.500. The number of rotatable bonds is 6. The molecule has 0 aliphatic carbocycles. The quantitative estimate of drug-likeness (QED) is 0.273. The van der Waals surface area contributed by atoms with Gasteiger partial charge in [-0.2, -0.15) is 0 Å². The molecule has 1 radical (unpaired) electrons. The number of methoxy groups -OCH3 is 1. The van der Waals surface area contributed by atoms with Gasteiger partial charge in [0.15, 0.2) is 23.0 Å². The summed E-state index contributed by atoms with van der Waals surface area (Å²) in [6, 6.07) is -0.518. The number of carbonyl (C=O) groups is 2. The zero-order valence-electron chi connectivity index (χ0n) is 26.4. The molecule has 0 spiro atoms. The molecule has 4 heterocycles. The number of allylic oxidation sites excluding steroid dienone is 1. The molecule has 4 aliphatic rings. The molecule has 2 bridgehead atoms. The fourth-order valence-electron chi connectivity index (χ4n) is 7.68. The van der Waals surface area contributed by atoms with Crippen molar-refractivity contribution in [2.75, 3.05) is 27.5 Å². The van der Waals surface area contributed by atoms with Gasteiger partial charge < -0.3 is 40.2 Å². The van der Waals surface area contributed by atoms with E-state index < -0.39 is 30.3 Å². The minimum atomic E-state index is -0.956. The maximum absolute atomic E-state index is 13.2. The molecule has 1 saturated heterocycles. The van der Waals surface area contributed by atoms with Crippen molar-refractivity contribution in [2.24, 2.45) is 0 Å². The Labute approximate surface area is 298 Å². The number of ether oxygens (including phenoxy) is 3. The topological polar surface area (TPSA) is 153 Å². The van der Waals surface area contributed by atoms with E-state index in [0.29, 0.717) is 46.8 Å². The van der Waals surface area contributed by atoms with Crippen LogP contribution in [0.4, 0.5) is 0 Å². The van der Waals surface area contributed by atoms with Crippen molar-refractivity contribution in [3.8, 4) is 28.7 Å². The summed E-state index contributed by atoms with van der Waals surface area (Å²) in [4.78, 5) is 29.4. The van der Waals surface area contributed by atoms with E-state index in [1.807, 2.05) is 24.9 Å². The van der Waals surface area contributed by atoms with Gasteiger partial charge in [-0.3, -0.25) is 19.4 Å². The SMILES string of the molecule is C/C=C/C(=O)N[C@@H](C)C(=O)NC[C@H]1c2c(c(O)c(C)c3c2OCO3)CC2[C@H]3c4c(cc(C)c(OC)c4O)C[C@@H]([C@H](O)N21)N3C.[Ac]. The zero-order chi connectivity index (χ0) is 31.6. The summed E-state index contributed by atoms with van der Waals surface area (Å²) in [5.41, 5.74) is 4.34. The van der Waals surface area contributed by atoms with Crippen molar-refractivity contribution >= 4 is 11.8 Å². The van der Waals surface area contributed by atoms with Crippen molar-refractivity contribution in [2.45, 2.75) is 77.0 Å². The van der Waals surface area contributed by atoms with Crippen LogP contribution in [0.3, 0.4) is 0 Å². The smallest absolute Gasteiger partial charge is 0.244 e. The maximum atomic E-state index is 13.2. The van der Waals surface area contributed by atoms with Gasteiger partial charge in [-0.15, -0.1) is 0 Å². The molecule has 6 rings (SSSR count). The molecular formula is C32H40AcN4O8. The summed E-state index contributed by atoms with van der Waals surface area (Å²) in [6.07, 6.45) is 2.81. The molecule has 0 aromatic heterocycles. The molecule has 13 heteroatoms. The van der Waals surface area contributed by atoms with Crippen molar-refractivity contribution in [3.05, 3.63) is 51.6 Å². The average Bonchev–Trinajstić information content (AvgIpc) is 3.47. The van der Waals surface area contributed by atoms with Crippen LogP contribution in [0.25, 0.3) is 0 Å². The Hall–Kier alpha value is -2.56. The average molecular weight is 836 g/mol. The number of fused-ring (bicyclic) bond motifs is 9. The summed E-state index contributed by atoms with van der Waals surface area (Å²) >= 11 is 0. The molecule has 0 saturated carbocycles. The maximum Gasteiger partial charge on any atom is 0.244 e. The van der Waals surface area contributed by atoms with E-state index in [9.17, 15) is 24.9 Å². The van der Waals surface area contributed by atoms with Gasteiger partial charge in [-0.05, 0) is 64.8 Å². The Bertz CT molecular complexity index is 1560. The number of aromatic hydroxyl groups is 2. The van der Waals surface area contributed by atoms with Gasteiger partial charge in [0.25, 0.3) is 0 Å². The molecule has 6 atom stereocenters. The number of carbonyl (C=O) groups excluding carboxylic acids is 2. The largest absolute Gasteiger partial charge is 0.507 e. The van der Waals surface area contributed by atoms with Gasteiger partial charge >= 0.3 is 0 Å². The van der Waals surface area contributed by atoms with Crippen molar-refractivity contribution in [3.63, 3.8) is 0 Å². The Morgan fingerprint density at radius 1 is 1.13 bits per heavy atom. The first-order valence-electron chi connectivity index (χ1n) is 14.9. The van der Waals surface area contributed by atoms with E-state index in [-0.39, 0.29) is 86.9 Å². The third-order valence-electron chi connectivity index (χ3n) is 9.66. The minimum Gasteiger partial charge on any atom is -0.507 e. The molecule has 45 heavy (non-hydrogen) atoms. The second-order valence-electron chi connectivity index (χ2n) is 12.1. The number of piperazine rings is 1. The number of aliphatic hydroxyl groups is 1. The summed E-state index contributed by atoms with van der Waals surface area (Å²) in [5.74, 6) is 0.700. The standard InChI is InChI=1S/C32H40N4O8.Ac/c1-7-8-22(37)34-16(4)31(40)33-12-21-24-18(26(38)15(3)29-30(24)44-13-43-29)11-19-25-23-17(9-14(2)28(42-6)27(23)39)10-20(35(25)5)32(41)36(19)21;/h7-9,16,19-21,25,32,38-39,41H,10-13H2,1-6H3,(H,33,40)(H,34,37);/b8-7+;/t16-,19?,20-,21-,25-,32-;/m0./s1. The van der Waals surface area contributed by atoms with Crippen molar-refractivity contribution in [1.82, 2.24) is 20.4 Å². The Kier molecular flexibility index (Phi) is 9.70. The predicted octanol–water partition coefficient (Wildman–Crippen LogP) is 1.85. The first-order chi connectivity index (χ1) is 21.0. The molecular weight excluding hydrogens is 795 g/mol. The van der Waals surface area contributed by atoms with Gasteiger partial charge in [0, 0.05) is 78.9 Å². The molecule has 1 fully saturated rings. The van der Waals surface area contributed by atoms with E-state index in [2.05, 4.69) is 15.5 Å². The van der Waals surface area contributed by atoms with E-state index >= 15 is 0 Å². The van der Waals surface area contributed by atoms with Crippen LogP contribution in [-0.2, 0) is 22.4 Å². The van der Waals surface area contributed by atoms with Crippen LogP contribution < -0.4 is 24.8 Å². The Balaban J connectivity index is 0.00000400. The van der Waals surface area contributed by atoms with Crippen LogP contribution >= 0.6 is 0 Å². The van der Waals surface area contributed by atoms with Crippen LogP contribution in [0.5, 0.6) is 28.7 Å². The summed E-state index contributed by atoms with van der Waals surface area (Å²) in [7, 11) is 3.47. The zero-order valence-corrected chi connectivity index (χ0v) is 31.1. The first kappa shape index (κ1) is 33.8. The van der Waals surface area contributed by atoms with Crippen LogP contribution in [-0.4, -0.2) is 88.8 Å². The normalized spacial score (nSPS) is 25.4. The van der Waals surface area contributed by atoms with Gasteiger partial charge in [-0.25, -0.2) is 0 Å². The number of phenolic OH excluding ortho intramolecular Hbond substituents is 2. The van der Waals surface area contributed by atoms with E-state index in [1.165, 1.54) is 13.2 Å². The molecule has 4 aliphatic heterocycles. The van der Waals surface area contributed by atoms with Gasteiger partial charge in [0.2, 0.25) is 18.6 Å². The number of hydrogen-bond acceptors (Lipinski definition) is 10. The summed E-state index contributed by atoms with van der Waals surface area (Å²) in [5, 5.41) is 40.7. The predicted molar refractivity (Wildman–Crippen MR) is 160 cm³/mol. The number of likely N-dealkylation sites (N-methyl/N-ethyl adjacent to an activating group) is 1.